The van der Waals surface area contributed by atoms with Crippen LogP contribution in [-0.2, 0) is 6.54 Å². The lowest BCUT2D eigenvalue weighted by atomic mass is 10.2. The average molecular weight is 248 g/mol. The van der Waals surface area contributed by atoms with Crippen LogP contribution < -0.4 is 5.32 Å². The molecule has 4 nitrogen and oxygen atoms in total. The first-order chi connectivity index (χ1) is 8.81. The second-order valence-electron chi connectivity index (χ2n) is 4.90. The molecule has 1 aliphatic rings. The van der Waals surface area contributed by atoms with Gasteiger partial charge in [0.1, 0.15) is 0 Å². The van der Waals surface area contributed by atoms with E-state index in [0.717, 1.165) is 31.0 Å². The summed E-state index contributed by atoms with van der Waals surface area (Å²) in [7, 11) is 1.95. The van der Waals surface area contributed by atoms with Crippen LogP contribution in [0.4, 0.5) is 5.69 Å². The predicted octanol–water partition coefficient (Wildman–Crippen LogP) is 1.65. The van der Waals surface area contributed by atoms with Crippen LogP contribution in [0.15, 0.2) is 18.3 Å². The van der Waals surface area contributed by atoms with Crippen molar-refractivity contribution in [3.63, 3.8) is 0 Å². The Bertz CT molecular complexity index is 359. The minimum Gasteiger partial charge on any atom is -0.388 e. The van der Waals surface area contributed by atoms with Crippen LogP contribution >= 0.6 is 0 Å². The van der Waals surface area contributed by atoms with E-state index in [1.807, 2.05) is 19.3 Å². The first-order valence-corrected chi connectivity index (χ1v) is 6.89. The standard InChI is InChI=1S/C14H24N4/c1-3-6-17-7-9-18(10-8-17)12-14-11-13(15-2)4-5-16-14/h4-5,11H,3,6-10,12H2,1-2H3,(H,15,16). The van der Waals surface area contributed by atoms with E-state index >= 15 is 0 Å². The summed E-state index contributed by atoms with van der Waals surface area (Å²) >= 11 is 0. The van der Waals surface area contributed by atoms with Crippen LogP contribution in [0.2, 0.25) is 0 Å². The molecule has 0 amide bonds. The van der Waals surface area contributed by atoms with Crippen molar-refractivity contribution in [3.8, 4) is 0 Å². The maximum absolute atomic E-state index is 4.44. The first kappa shape index (κ1) is 13.3. The number of anilines is 1. The third-order valence-corrected chi connectivity index (χ3v) is 3.50. The molecule has 0 spiro atoms. The summed E-state index contributed by atoms with van der Waals surface area (Å²) < 4.78 is 0. The molecule has 1 saturated heterocycles. The van der Waals surface area contributed by atoms with Gasteiger partial charge in [0, 0.05) is 51.7 Å². The summed E-state index contributed by atoms with van der Waals surface area (Å²) in [6, 6.07) is 4.14. The lowest BCUT2D eigenvalue weighted by Gasteiger charge is -2.34. The van der Waals surface area contributed by atoms with E-state index < -0.39 is 0 Å². The Morgan fingerprint density at radius 3 is 2.61 bits per heavy atom. The summed E-state index contributed by atoms with van der Waals surface area (Å²) in [5.41, 5.74) is 2.30. The van der Waals surface area contributed by atoms with Gasteiger partial charge in [0.25, 0.3) is 0 Å². The molecule has 4 heteroatoms. The van der Waals surface area contributed by atoms with Crippen LogP contribution in [0, 0.1) is 0 Å². The van der Waals surface area contributed by atoms with Gasteiger partial charge in [0.15, 0.2) is 0 Å². The molecule has 2 rings (SSSR count). The molecule has 100 valence electrons. The van der Waals surface area contributed by atoms with Crippen LogP contribution in [0.25, 0.3) is 0 Å². The third kappa shape index (κ3) is 3.68. The number of hydrogen-bond acceptors (Lipinski definition) is 4. The van der Waals surface area contributed by atoms with Gasteiger partial charge < -0.3 is 10.2 Å². The van der Waals surface area contributed by atoms with E-state index in [1.54, 1.807) is 0 Å². The second-order valence-corrected chi connectivity index (χ2v) is 4.90. The molecule has 1 aromatic heterocycles. The number of nitrogens with zero attached hydrogens (tertiary/aromatic N) is 3. The summed E-state index contributed by atoms with van der Waals surface area (Å²) in [5.74, 6) is 0. The van der Waals surface area contributed by atoms with Gasteiger partial charge >= 0.3 is 0 Å². The molecule has 2 heterocycles. The monoisotopic (exact) mass is 248 g/mol. The van der Waals surface area contributed by atoms with Crippen molar-refractivity contribution in [3.05, 3.63) is 24.0 Å². The minimum absolute atomic E-state index is 0.968. The Kier molecular flexibility index (Phi) is 4.96. The van der Waals surface area contributed by atoms with Gasteiger partial charge in [-0.2, -0.15) is 0 Å². The van der Waals surface area contributed by atoms with Gasteiger partial charge in [-0.05, 0) is 25.1 Å². The van der Waals surface area contributed by atoms with Crippen molar-refractivity contribution in [1.29, 1.82) is 0 Å². The highest BCUT2D eigenvalue weighted by molar-refractivity contribution is 5.42. The molecule has 1 aliphatic heterocycles. The van der Waals surface area contributed by atoms with Gasteiger partial charge in [-0.3, -0.25) is 9.88 Å². The molecule has 18 heavy (non-hydrogen) atoms. The van der Waals surface area contributed by atoms with Crippen molar-refractivity contribution >= 4 is 5.69 Å². The van der Waals surface area contributed by atoms with Gasteiger partial charge in [-0.25, -0.2) is 0 Å². The lowest BCUT2D eigenvalue weighted by Crippen LogP contribution is -2.46. The van der Waals surface area contributed by atoms with Crippen LogP contribution in [0.5, 0.6) is 0 Å². The number of aromatic nitrogens is 1. The van der Waals surface area contributed by atoms with E-state index in [4.69, 9.17) is 0 Å². The Balaban J connectivity index is 1.83. The SMILES string of the molecule is CCCN1CCN(Cc2cc(NC)ccn2)CC1. The fourth-order valence-corrected chi connectivity index (χ4v) is 2.44. The zero-order chi connectivity index (χ0) is 12.8. The Labute approximate surface area is 110 Å². The van der Waals surface area contributed by atoms with E-state index in [0.29, 0.717) is 0 Å². The largest absolute Gasteiger partial charge is 0.388 e. The minimum atomic E-state index is 0.968. The predicted molar refractivity (Wildman–Crippen MR) is 75.8 cm³/mol. The van der Waals surface area contributed by atoms with Gasteiger partial charge in [0.05, 0.1) is 5.69 Å². The van der Waals surface area contributed by atoms with Crippen LogP contribution in [-0.4, -0.2) is 54.6 Å². The first-order valence-electron chi connectivity index (χ1n) is 6.89. The van der Waals surface area contributed by atoms with Crippen molar-refractivity contribution in [1.82, 2.24) is 14.8 Å². The maximum Gasteiger partial charge on any atom is 0.0564 e. The summed E-state index contributed by atoms with van der Waals surface area (Å²) in [6.07, 6.45) is 3.14. The van der Waals surface area contributed by atoms with Crippen molar-refractivity contribution in [2.24, 2.45) is 0 Å². The van der Waals surface area contributed by atoms with E-state index in [2.05, 4.69) is 33.1 Å². The lowest BCUT2D eigenvalue weighted by molar-refractivity contribution is 0.126. The number of rotatable bonds is 5. The Morgan fingerprint density at radius 2 is 1.94 bits per heavy atom. The Hall–Kier alpha value is -1.13. The smallest absolute Gasteiger partial charge is 0.0564 e. The molecule has 0 radical (unpaired) electrons. The molecular formula is C14H24N4. The van der Waals surface area contributed by atoms with Gasteiger partial charge in [-0.1, -0.05) is 6.92 Å². The van der Waals surface area contributed by atoms with Crippen LogP contribution in [0.1, 0.15) is 19.0 Å². The van der Waals surface area contributed by atoms with E-state index in [-0.39, 0.29) is 0 Å². The summed E-state index contributed by atoms with van der Waals surface area (Å²) in [5, 5.41) is 3.16. The molecule has 0 saturated carbocycles. The molecule has 0 atom stereocenters. The van der Waals surface area contributed by atoms with Gasteiger partial charge in [0.2, 0.25) is 0 Å². The topological polar surface area (TPSA) is 31.4 Å². The number of nitrogens with one attached hydrogen (secondary N) is 1. The van der Waals surface area contributed by atoms with Crippen molar-refractivity contribution in [2.75, 3.05) is 45.1 Å². The molecule has 0 bridgehead atoms. The molecule has 0 aliphatic carbocycles. The third-order valence-electron chi connectivity index (χ3n) is 3.50. The summed E-state index contributed by atoms with van der Waals surface area (Å²) in [4.78, 5) is 9.49. The fourth-order valence-electron chi connectivity index (χ4n) is 2.44. The Morgan fingerprint density at radius 1 is 1.22 bits per heavy atom. The second kappa shape index (κ2) is 6.71. The molecule has 1 aromatic rings. The number of hydrogen-bond donors (Lipinski definition) is 1. The van der Waals surface area contributed by atoms with Crippen LogP contribution in [0.3, 0.4) is 0 Å². The highest BCUT2D eigenvalue weighted by Crippen LogP contribution is 2.11. The maximum atomic E-state index is 4.44. The number of piperazine rings is 1. The quantitative estimate of drug-likeness (QED) is 0.858. The fraction of sp³-hybridized carbons (Fsp3) is 0.643. The van der Waals surface area contributed by atoms with Gasteiger partial charge in [-0.15, -0.1) is 0 Å². The summed E-state index contributed by atoms with van der Waals surface area (Å²) in [6.45, 7) is 9.16. The zero-order valence-corrected chi connectivity index (χ0v) is 11.5. The van der Waals surface area contributed by atoms with Crippen molar-refractivity contribution in [2.45, 2.75) is 19.9 Å². The molecule has 1 N–H and O–H groups in total. The zero-order valence-electron chi connectivity index (χ0n) is 11.5. The highest BCUT2D eigenvalue weighted by atomic mass is 15.3. The molecule has 0 aromatic carbocycles. The number of pyridine rings is 1. The normalized spacial score (nSPS) is 17.9. The highest BCUT2D eigenvalue weighted by Gasteiger charge is 2.16. The molecule has 0 unspecified atom stereocenters. The van der Waals surface area contributed by atoms with E-state index in [1.165, 1.54) is 26.1 Å². The molecule has 1 fully saturated rings. The average Bonchev–Trinajstić information content (AvgIpc) is 2.42. The van der Waals surface area contributed by atoms with Crippen molar-refractivity contribution < 1.29 is 0 Å². The van der Waals surface area contributed by atoms with E-state index in [9.17, 15) is 0 Å². The molecular weight excluding hydrogens is 224 g/mol.